The molecule has 0 radical (unpaired) electrons. The molecule has 110 valence electrons. The predicted octanol–water partition coefficient (Wildman–Crippen LogP) is 3.21. The molecular weight excluding hydrogens is 246 g/mol. The van der Waals surface area contributed by atoms with Gasteiger partial charge in [0.2, 0.25) is 0 Å². The zero-order valence-electron chi connectivity index (χ0n) is 13.1. The number of β-amino-alcohol motifs (C(OH)–C–C–N with tert-alkyl or cyclic N) is 1. The lowest BCUT2D eigenvalue weighted by Gasteiger charge is -2.39. The summed E-state index contributed by atoms with van der Waals surface area (Å²) in [7, 11) is 0. The zero-order chi connectivity index (χ0) is 14.3. The largest absolute Gasteiger partial charge is 0.395 e. The van der Waals surface area contributed by atoms with Crippen LogP contribution in [0.25, 0.3) is 0 Å². The first-order chi connectivity index (χ1) is 9.49. The van der Waals surface area contributed by atoms with Crippen LogP contribution in [0.5, 0.6) is 0 Å². The molecule has 0 amide bonds. The Labute approximate surface area is 122 Å². The second kappa shape index (κ2) is 5.16. The topological polar surface area (TPSA) is 23.5 Å². The molecule has 1 aromatic carbocycles. The summed E-state index contributed by atoms with van der Waals surface area (Å²) >= 11 is 0. The lowest BCUT2D eigenvalue weighted by Crippen LogP contribution is -2.37. The van der Waals surface area contributed by atoms with Crippen LogP contribution in [-0.2, 0) is 18.4 Å². The van der Waals surface area contributed by atoms with Gasteiger partial charge in [-0.15, -0.1) is 0 Å². The van der Waals surface area contributed by atoms with E-state index < -0.39 is 0 Å². The summed E-state index contributed by atoms with van der Waals surface area (Å²) in [6.07, 6.45) is 3.89. The van der Waals surface area contributed by atoms with Crippen LogP contribution >= 0.6 is 0 Å². The second-order valence-electron chi connectivity index (χ2n) is 7.51. The van der Waals surface area contributed by atoms with Crippen molar-refractivity contribution in [1.29, 1.82) is 0 Å². The normalized spacial score (nSPS) is 22.7. The monoisotopic (exact) mass is 273 g/mol. The third-order valence-corrected chi connectivity index (χ3v) is 4.91. The third-order valence-electron chi connectivity index (χ3n) is 4.91. The smallest absolute Gasteiger partial charge is 0.0558 e. The number of hydrogen-bond donors (Lipinski definition) is 1. The predicted molar refractivity (Wildman–Crippen MR) is 83.2 cm³/mol. The number of aliphatic hydroxyl groups excluding tert-OH is 1. The molecule has 3 rings (SSSR count). The number of aliphatic hydroxyl groups is 1. The second-order valence-corrected chi connectivity index (χ2v) is 7.51. The molecule has 0 saturated carbocycles. The molecule has 0 spiro atoms. The van der Waals surface area contributed by atoms with E-state index in [2.05, 4.69) is 37.8 Å². The van der Waals surface area contributed by atoms with Gasteiger partial charge in [0.1, 0.15) is 0 Å². The molecule has 1 heterocycles. The Morgan fingerprint density at radius 2 is 2.00 bits per heavy atom. The third kappa shape index (κ3) is 2.51. The molecule has 2 aliphatic rings. The van der Waals surface area contributed by atoms with Crippen molar-refractivity contribution in [1.82, 2.24) is 4.90 Å². The van der Waals surface area contributed by atoms with Crippen LogP contribution in [0.15, 0.2) is 12.1 Å². The van der Waals surface area contributed by atoms with E-state index in [-0.39, 0.29) is 12.0 Å². The van der Waals surface area contributed by atoms with Gasteiger partial charge in [0.05, 0.1) is 6.61 Å². The molecule has 1 aromatic rings. The van der Waals surface area contributed by atoms with Gasteiger partial charge in [-0.05, 0) is 52.8 Å². The fraction of sp³-hybridized carbons (Fsp3) is 0.667. The first kappa shape index (κ1) is 14.1. The molecule has 0 fully saturated rings. The Balaban J connectivity index is 2.04. The average Bonchev–Trinajstić information content (AvgIpc) is 2.38. The molecule has 0 aromatic heterocycles. The van der Waals surface area contributed by atoms with Crippen molar-refractivity contribution in [3.05, 3.63) is 34.4 Å². The molecule has 1 unspecified atom stereocenters. The van der Waals surface area contributed by atoms with E-state index in [0.29, 0.717) is 5.92 Å². The van der Waals surface area contributed by atoms with E-state index in [0.717, 1.165) is 19.6 Å². The summed E-state index contributed by atoms with van der Waals surface area (Å²) in [5, 5.41) is 9.24. The van der Waals surface area contributed by atoms with E-state index in [1.165, 1.54) is 30.4 Å². The minimum absolute atomic E-state index is 0.220. The molecule has 1 aliphatic heterocycles. The minimum Gasteiger partial charge on any atom is -0.395 e. The van der Waals surface area contributed by atoms with Gasteiger partial charge in [0.25, 0.3) is 0 Å². The number of nitrogens with zero attached hydrogens (tertiary/aromatic N) is 1. The maximum absolute atomic E-state index is 9.24. The molecular formula is C18H27NO. The summed E-state index contributed by atoms with van der Waals surface area (Å²) in [6, 6.07) is 4.90. The van der Waals surface area contributed by atoms with Gasteiger partial charge in [-0.25, -0.2) is 0 Å². The van der Waals surface area contributed by atoms with Gasteiger partial charge in [-0.2, -0.15) is 0 Å². The summed E-state index contributed by atoms with van der Waals surface area (Å²) in [5.41, 5.74) is 6.47. The molecule has 1 N–H and O–H groups in total. The van der Waals surface area contributed by atoms with Crippen molar-refractivity contribution < 1.29 is 5.11 Å². The highest BCUT2D eigenvalue weighted by Crippen LogP contribution is 2.40. The Kier molecular flexibility index (Phi) is 3.64. The van der Waals surface area contributed by atoms with E-state index in [9.17, 15) is 5.11 Å². The summed E-state index contributed by atoms with van der Waals surface area (Å²) in [6.45, 7) is 10.1. The summed E-state index contributed by atoms with van der Waals surface area (Å²) < 4.78 is 0. The molecule has 2 heteroatoms. The maximum atomic E-state index is 9.24. The number of benzene rings is 1. The lowest BCUT2D eigenvalue weighted by atomic mass is 9.74. The lowest BCUT2D eigenvalue weighted by molar-refractivity contribution is 0.167. The Morgan fingerprint density at radius 3 is 2.70 bits per heavy atom. The quantitative estimate of drug-likeness (QED) is 0.894. The van der Waals surface area contributed by atoms with Crippen molar-refractivity contribution in [2.75, 3.05) is 19.7 Å². The minimum atomic E-state index is 0.220. The Bertz CT molecular complexity index is 501. The first-order valence-electron chi connectivity index (χ1n) is 7.98. The van der Waals surface area contributed by atoms with E-state index in [1.807, 2.05) is 0 Å². The number of hydrogen-bond acceptors (Lipinski definition) is 2. The SMILES string of the molecule is CC(C)(C)c1cc2c3c(c1)CN(CCO)CC3CCC2. The molecule has 0 bridgehead atoms. The van der Waals surface area contributed by atoms with Crippen molar-refractivity contribution in [2.24, 2.45) is 0 Å². The Hall–Kier alpha value is -0.860. The molecule has 2 nitrogen and oxygen atoms in total. The molecule has 20 heavy (non-hydrogen) atoms. The van der Waals surface area contributed by atoms with Gasteiger partial charge < -0.3 is 5.11 Å². The molecule has 1 aliphatic carbocycles. The molecule has 0 saturated heterocycles. The van der Waals surface area contributed by atoms with Crippen LogP contribution < -0.4 is 0 Å². The standard InChI is InChI=1S/C18H27NO/c1-18(2,3)16-9-13-5-4-6-14-11-19(7-8-20)12-15(10-16)17(13)14/h9-10,14,20H,4-8,11-12H2,1-3H3. The number of aryl methyl sites for hydroxylation is 1. The summed E-state index contributed by atoms with van der Waals surface area (Å²) in [5.74, 6) is 0.697. The van der Waals surface area contributed by atoms with Crippen molar-refractivity contribution in [3.8, 4) is 0 Å². The van der Waals surface area contributed by atoms with E-state index in [1.54, 1.807) is 11.1 Å². The number of rotatable bonds is 2. The fourth-order valence-electron chi connectivity index (χ4n) is 3.87. The van der Waals surface area contributed by atoms with Gasteiger partial charge in [0, 0.05) is 19.6 Å². The highest BCUT2D eigenvalue weighted by molar-refractivity contribution is 5.46. The fourth-order valence-corrected chi connectivity index (χ4v) is 3.87. The molecule has 1 atom stereocenters. The highest BCUT2D eigenvalue weighted by Gasteiger charge is 2.31. The van der Waals surface area contributed by atoms with Crippen LogP contribution in [0.3, 0.4) is 0 Å². The van der Waals surface area contributed by atoms with Crippen LogP contribution in [0.4, 0.5) is 0 Å². The zero-order valence-corrected chi connectivity index (χ0v) is 13.1. The van der Waals surface area contributed by atoms with Gasteiger partial charge in [0.15, 0.2) is 0 Å². The van der Waals surface area contributed by atoms with Crippen LogP contribution in [0.2, 0.25) is 0 Å². The van der Waals surface area contributed by atoms with Crippen LogP contribution in [0.1, 0.15) is 61.8 Å². The van der Waals surface area contributed by atoms with Crippen molar-refractivity contribution >= 4 is 0 Å². The first-order valence-corrected chi connectivity index (χ1v) is 7.98. The van der Waals surface area contributed by atoms with Crippen LogP contribution in [-0.4, -0.2) is 29.7 Å². The van der Waals surface area contributed by atoms with Crippen molar-refractivity contribution in [3.63, 3.8) is 0 Å². The average molecular weight is 273 g/mol. The van der Waals surface area contributed by atoms with Crippen LogP contribution in [0, 0.1) is 0 Å². The highest BCUT2D eigenvalue weighted by atomic mass is 16.3. The summed E-state index contributed by atoms with van der Waals surface area (Å²) in [4.78, 5) is 2.43. The van der Waals surface area contributed by atoms with Gasteiger partial charge in [-0.1, -0.05) is 32.9 Å². The van der Waals surface area contributed by atoms with Gasteiger partial charge >= 0.3 is 0 Å². The van der Waals surface area contributed by atoms with Gasteiger partial charge in [-0.3, -0.25) is 4.90 Å². The Morgan fingerprint density at radius 1 is 1.25 bits per heavy atom. The van der Waals surface area contributed by atoms with Crippen molar-refractivity contribution in [2.45, 2.75) is 57.9 Å². The van der Waals surface area contributed by atoms with E-state index >= 15 is 0 Å². The van der Waals surface area contributed by atoms with E-state index in [4.69, 9.17) is 0 Å². The maximum Gasteiger partial charge on any atom is 0.0558 e.